The minimum atomic E-state index is 0.490. The van der Waals surface area contributed by atoms with Gasteiger partial charge in [0, 0.05) is 3.57 Å². The van der Waals surface area contributed by atoms with Crippen molar-refractivity contribution in [2.24, 2.45) is 0 Å². The van der Waals surface area contributed by atoms with Gasteiger partial charge in [-0.3, -0.25) is 0 Å². The molecular formula is C24H22ClIO. The molecule has 0 fully saturated rings. The van der Waals surface area contributed by atoms with Crippen molar-refractivity contribution < 1.29 is 4.74 Å². The highest BCUT2D eigenvalue weighted by molar-refractivity contribution is 14.1. The number of halogens is 2. The van der Waals surface area contributed by atoms with Gasteiger partial charge in [0.05, 0.1) is 5.88 Å². The molecule has 138 valence electrons. The molecule has 0 aromatic heterocycles. The van der Waals surface area contributed by atoms with Crippen LogP contribution in [0.25, 0.3) is 11.1 Å². The van der Waals surface area contributed by atoms with Crippen molar-refractivity contribution in [3.63, 3.8) is 0 Å². The fraction of sp³-hybridized carbons (Fsp3) is 0.167. The van der Waals surface area contributed by atoms with Crippen LogP contribution in [0.4, 0.5) is 0 Å². The molecule has 0 aliphatic heterocycles. The van der Waals surface area contributed by atoms with Gasteiger partial charge < -0.3 is 4.74 Å². The summed E-state index contributed by atoms with van der Waals surface area (Å²) >= 11 is 8.07. The van der Waals surface area contributed by atoms with Crippen LogP contribution in [0.15, 0.2) is 78.9 Å². The predicted octanol–water partition coefficient (Wildman–Crippen LogP) is 7.28. The Bertz CT molecular complexity index is 884. The first-order valence-electron chi connectivity index (χ1n) is 9.06. The Labute approximate surface area is 180 Å². The molecule has 0 aliphatic carbocycles. The first kappa shape index (κ1) is 20.0. The van der Waals surface area contributed by atoms with Crippen LogP contribution in [0, 0.1) is 3.57 Å². The largest absolute Gasteiger partial charge is 0.492 e. The highest BCUT2D eigenvalue weighted by atomic mass is 127. The Morgan fingerprint density at radius 1 is 0.815 bits per heavy atom. The molecule has 0 bridgehead atoms. The van der Waals surface area contributed by atoms with Crippen LogP contribution in [-0.4, -0.2) is 12.5 Å². The van der Waals surface area contributed by atoms with Crippen molar-refractivity contribution in [2.75, 3.05) is 12.5 Å². The van der Waals surface area contributed by atoms with Gasteiger partial charge >= 0.3 is 0 Å². The number of ether oxygens (including phenoxy) is 1. The molecule has 3 heteroatoms. The SMILES string of the molecule is CC/C(=C(\c1ccc(I)cc1)c1ccc(OCCCl)cc1)c1ccccc1. The van der Waals surface area contributed by atoms with Crippen LogP contribution in [0.5, 0.6) is 5.75 Å². The van der Waals surface area contributed by atoms with Gasteiger partial charge in [-0.05, 0) is 81.1 Å². The second kappa shape index (κ2) is 9.95. The third kappa shape index (κ3) is 5.14. The van der Waals surface area contributed by atoms with E-state index in [1.165, 1.54) is 31.4 Å². The van der Waals surface area contributed by atoms with Crippen molar-refractivity contribution >= 4 is 45.3 Å². The van der Waals surface area contributed by atoms with Crippen LogP contribution >= 0.6 is 34.2 Å². The summed E-state index contributed by atoms with van der Waals surface area (Å²) in [5.41, 5.74) is 6.28. The van der Waals surface area contributed by atoms with E-state index in [0.29, 0.717) is 12.5 Å². The summed E-state index contributed by atoms with van der Waals surface area (Å²) in [6, 6.07) is 27.7. The molecule has 0 radical (unpaired) electrons. The molecule has 0 aliphatic rings. The third-order valence-electron chi connectivity index (χ3n) is 4.40. The number of hydrogen-bond donors (Lipinski definition) is 0. The second-order valence-corrected chi connectivity index (χ2v) is 7.77. The van der Waals surface area contributed by atoms with Gasteiger partial charge in [-0.15, -0.1) is 11.6 Å². The van der Waals surface area contributed by atoms with Crippen molar-refractivity contribution in [1.82, 2.24) is 0 Å². The van der Waals surface area contributed by atoms with E-state index in [2.05, 4.69) is 96.2 Å². The molecule has 3 aromatic rings. The molecule has 27 heavy (non-hydrogen) atoms. The molecule has 1 nitrogen and oxygen atoms in total. The monoisotopic (exact) mass is 488 g/mol. The van der Waals surface area contributed by atoms with Gasteiger partial charge in [-0.25, -0.2) is 0 Å². The number of allylic oxidation sites excluding steroid dienone is 1. The van der Waals surface area contributed by atoms with Gasteiger partial charge in [-0.2, -0.15) is 0 Å². The molecular weight excluding hydrogens is 467 g/mol. The van der Waals surface area contributed by atoms with E-state index in [1.807, 2.05) is 12.1 Å². The molecule has 0 heterocycles. The minimum Gasteiger partial charge on any atom is -0.492 e. The van der Waals surface area contributed by atoms with E-state index in [9.17, 15) is 0 Å². The third-order valence-corrected chi connectivity index (χ3v) is 5.27. The van der Waals surface area contributed by atoms with Gasteiger partial charge in [0.2, 0.25) is 0 Å². The molecule has 0 amide bonds. The summed E-state index contributed by atoms with van der Waals surface area (Å²) in [6.45, 7) is 2.73. The molecule has 0 unspecified atom stereocenters. The lowest BCUT2D eigenvalue weighted by Gasteiger charge is -2.17. The maximum atomic E-state index is 5.72. The normalized spacial score (nSPS) is 11.8. The number of rotatable bonds is 7. The average Bonchev–Trinajstić information content (AvgIpc) is 2.72. The Morgan fingerprint density at radius 3 is 1.96 bits per heavy atom. The molecule has 0 spiro atoms. The van der Waals surface area contributed by atoms with E-state index < -0.39 is 0 Å². The molecule has 0 N–H and O–H groups in total. The Kier molecular flexibility index (Phi) is 7.36. The van der Waals surface area contributed by atoms with Crippen LogP contribution < -0.4 is 4.74 Å². The van der Waals surface area contributed by atoms with Crippen LogP contribution in [0.1, 0.15) is 30.0 Å². The van der Waals surface area contributed by atoms with Crippen molar-refractivity contribution in [2.45, 2.75) is 13.3 Å². The van der Waals surface area contributed by atoms with Crippen LogP contribution in [0.2, 0.25) is 0 Å². The first-order chi connectivity index (χ1) is 13.2. The second-order valence-electron chi connectivity index (χ2n) is 6.14. The highest BCUT2D eigenvalue weighted by Gasteiger charge is 2.13. The number of alkyl halides is 1. The van der Waals surface area contributed by atoms with Gasteiger partial charge in [0.25, 0.3) is 0 Å². The summed E-state index contributed by atoms with van der Waals surface area (Å²) in [5.74, 6) is 1.34. The van der Waals surface area contributed by atoms with E-state index in [1.54, 1.807) is 0 Å². The van der Waals surface area contributed by atoms with Crippen molar-refractivity contribution in [1.29, 1.82) is 0 Å². The average molecular weight is 489 g/mol. The van der Waals surface area contributed by atoms with Crippen LogP contribution in [-0.2, 0) is 0 Å². The maximum absolute atomic E-state index is 5.72. The Balaban J connectivity index is 2.13. The lowest BCUT2D eigenvalue weighted by Crippen LogP contribution is -1.99. The molecule has 3 aromatic carbocycles. The smallest absolute Gasteiger partial charge is 0.119 e. The van der Waals surface area contributed by atoms with E-state index in [-0.39, 0.29) is 0 Å². The molecule has 3 rings (SSSR count). The predicted molar refractivity (Wildman–Crippen MR) is 124 cm³/mol. The van der Waals surface area contributed by atoms with Crippen molar-refractivity contribution in [3.05, 3.63) is 99.1 Å². The standard InChI is InChI=1S/C24H22ClIO/c1-2-23(18-6-4-3-5-7-18)24(19-8-12-21(26)13-9-19)20-10-14-22(15-11-20)27-17-16-25/h3-15H,2,16-17H2,1H3/b24-23-. The van der Waals surface area contributed by atoms with Gasteiger partial charge in [0.1, 0.15) is 12.4 Å². The number of benzene rings is 3. The first-order valence-corrected chi connectivity index (χ1v) is 10.7. The van der Waals surface area contributed by atoms with Gasteiger partial charge in [-0.1, -0.05) is 61.5 Å². The van der Waals surface area contributed by atoms with Crippen LogP contribution in [0.3, 0.4) is 0 Å². The quantitative estimate of drug-likeness (QED) is 0.193. The Hall–Kier alpha value is -1.78. The summed E-state index contributed by atoms with van der Waals surface area (Å²) in [6.07, 6.45) is 0.954. The zero-order valence-electron chi connectivity index (χ0n) is 15.3. The van der Waals surface area contributed by atoms with E-state index in [4.69, 9.17) is 16.3 Å². The summed E-state index contributed by atoms with van der Waals surface area (Å²) in [5, 5.41) is 0. The zero-order valence-corrected chi connectivity index (χ0v) is 18.2. The minimum absolute atomic E-state index is 0.490. The van der Waals surface area contributed by atoms with E-state index >= 15 is 0 Å². The highest BCUT2D eigenvalue weighted by Crippen LogP contribution is 2.35. The number of hydrogen-bond acceptors (Lipinski definition) is 1. The lowest BCUT2D eigenvalue weighted by atomic mass is 9.88. The summed E-state index contributed by atoms with van der Waals surface area (Å²) < 4.78 is 6.87. The lowest BCUT2D eigenvalue weighted by molar-refractivity contribution is 0.343. The van der Waals surface area contributed by atoms with Crippen molar-refractivity contribution in [3.8, 4) is 5.75 Å². The molecule has 0 atom stereocenters. The fourth-order valence-corrected chi connectivity index (χ4v) is 3.61. The summed E-state index contributed by atoms with van der Waals surface area (Å²) in [4.78, 5) is 0. The topological polar surface area (TPSA) is 9.23 Å². The van der Waals surface area contributed by atoms with E-state index in [0.717, 1.165) is 12.2 Å². The van der Waals surface area contributed by atoms with Gasteiger partial charge in [0.15, 0.2) is 0 Å². The fourth-order valence-electron chi connectivity index (χ4n) is 3.17. The molecule has 0 saturated carbocycles. The zero-order chi connectivity index (χ0) is 19.1. The molecule has 0 saturated heterocycles. The Morgan fingerprint density at radius 2 is 1.41 bits per heavy atom. The summed E-state index contributed by atoms with van der Waals surface area (Å²) in [7, 11) is 0. The maximum Gasteiger partial charge on any atom is 0.119 e.